The van der Waals surface area contributed by atoms with Crippen molar-refractivity contribution in [2.45, 2.75) is 41.2 Å². The smallest absolute Gasteiger partial charge is 0.125 e. The van der Waals surface area contributed by atoms with Crippen LogP contribution in [-0.4, -0.2) is 37.7 Å². The van der Waals surface area contributed by atoms with Gasteiger partial charge in [-0.05, 0) is 50.2 Å². The third-order valence-electron chi connectivity index (χ3n) is 3.65. The maximum atomic E-state index is 6.00. The van der Waals surface area contributed by atoms with Gasteiger partial charge in [0, 0.05) is 13.1 Å². The van der Waals surface area contributed by atoms with E-state index in [1.807, 2.05) is 0 Å². The van der Waals surface area contributed by atoms with Crippen LogP contribution in [0, 0.1) is 13.8 Å². The molecule has 0 unspecified atom stereocenters. The van der Waals surface area contributed by atoms with Crippen LogP contribution in [0.4, 0.5) is 0 Å². The highest BCUT2D eigenvalue weighted by Crippen LogP contribution is 2.24. The van der Waals surface area contributed by atoms with Gasteiger partial charge in [-0.1, -0.05) is 32.9 Å². The normalized spacial score (nSPS) is 11.1. The Morgan fingerprint density at radius 2 is 1.65 bits per heavy atom. The first kappa shape index (κ1) is 17.0. The summed E-state index contributed by atoms with van der Waals surface area (Å²) >= 11 is 0. The molecule has 1 rings (SSSR count). The summed E-state index contributed by atoms with van der Waals surface area (Å²) in [6.07, 6.45) is 0. The first-order valence-corrected chi connectivity index (χ1v) is 7.78. The van der Waals surface area contributed by atoms with Crippen LogP contribution in [0.15, 0.2) is 12.1 Å². The number of aryl methyl sites for hydroxylation is 2. The molecule has 3 heteroatoms. The molecule has 0 aromatic heterocycles. The van der Waals surface area contributed by atoms with E-state index in [0.29, 0.717) is 0 Å². The third-order valence-corrected chi connectivity index (χ3v) is 3.65. The fourth-order valence-corrected chi connectivity index (χ4v) is 2.46. The largest absolute Gasteiger partial charge is 0.492 e. The molecule has 1 aromatic carbocycles. The molecule has 1 aromatic rings. The van der Waals surface area contributed by atoms with Crippen LogP contribution in [0.5, 0.6) is 5.75 Å². The summed E-state index contributed by atoms with van der Waals surface area (Å²) in [4.78, 5) is 2.38. The molecule has 114 valence electrons. The van der Waals surface area contributed by atoms with Gasteiger partial charge in [-0.2, -0.15) is 0 Å². The van der Waals surface area contributed by atoms with Crippen LogP contribution in [-0.2, 0) is 6.54 Å². The second kappa shape index (κ2) is 8.98. The number of likely N-dealkylation sites (N-methyl/N-ethyl adjacent to an activating group) is 1. The summed E-state index contributed by atoms with van der Waals surface area (Å²) in [6, 6.07) is 4.45. The van der Waals surface area contributed by atoms with Crippen molar-refractivity contribution < 1.29 is 4.74 Å². The maximum absolute atomic E-state index is 6.00. The van der Waals surface area contributed by atoms with E-state index in [0.717, 1.165) is 45.1 Å². The lowest BCUT2D eigenvalue weighted by Crippen LogP contribution is -2.28. The predicted molar refractivity (Wildman–Crippen MR) is 86.6 cm³/mol. The number of nitrogens with zero attached hydrogens (tertiary/aromatic N) is 1. The summed E-state index contributed by atoms with van der Waals surface area (Å²) in [5.74, 6) is 1.05. The van der Waals surface area contributed by atoms with Gasteiger partial charge in [0.1, 0.15) is 12.4 Å². The van der Waals surface area contributed by atoms with E-state index in [4.69, 9.17) is 4.74 Å². The van der Waals surface area contributed by atoms with Gasteiger partial charge >= 0.3 is 0 Å². The topological polar surface area (TPSA) is 24.5 Å². The fourth-order valence-electron chi connectivity index (χ4n) is 2.46. The summed E-state index contributed by atoms with van der Waals surface area (Å²) in [6.45, 7) is 16.6. The summed E-state index contributed by atoms with van der Waals surface area (Å²) in [5, 5.41) is 3.36. The standard InChI is InChI=1S/C17H30N2O/c1-6-18-13-16-11-14(4)17(15(5)12-16)20-10-9-19(7-2)8-3/h11-12,18H,6-10,13H2,1-5H3. The van der Waals surface area contributed by atoms with Crippen LogP contribution in [0.1, 0.15) is 37.5 Å². The highest BCUT2D eigenvalue weighted by molar-refractivity contribution is 5.43. The molecule has 0 aliphatic carbocycles. The molecule has 0 spiro atoms. The molecule has 0 aliphatic rings. The number of rotatable bonds is 9. The van der Waals surface area contributed by atoms with E-state index < -0.39 is 0 Å². The van der Waals surface area contributed by atoms with Crippen LogP contribution in [0.2, 0.25) is 0 Å². The quantitative estimate of drug-likeness (QED) is 0.751. The van der Waals surface area contributed by atoms with Crippen molar-refractivity contribution in [3.8, 4) is 5.75 Å². The van der Waals surface area contributed by atoms with E-state index in [1.165, 1.54) is 16.7 Å². The molecule has 0 heterocycles. The van der Waals surface area contributed by atoms with Gasteiger partial charge < -0.3 is 15.0 Å². The first-order chi connectivity index (χ1) is 9.62. The first-order valence-electron chi connectivity index (χ1n) is 7.78. The minimum Gasteiger partial charge on any atom is -0.492 e. The molecule has 3 nitrogen and oxygen atoms in total. The van der Waals surface area contributed by atoms with Crippen LogP contribution in [0.25, 0.3) is 0 Å². The van der Waals surface area contributed by atoms with E-state index >= 15 is 0 Å². The lowest BCUT2D eigenvalue weighted by Gasteiger charge is -2.20. The average Bonchev–Trinajstić information content (AvgIpc) is 2.43. The molecule has 0 saturated carbocycles. The van der Waals surface area contributed by atoms with Gasteiger partial charge in [0.15, 0.2) is 0 Å². The second-order valence-electron chi connectivity index (χ2n) is 5.21. The summed E-state index contributed by atoms with van der Waals surface area (Å²) in [7, 11) is 0. The number of hydrogen-bond acceptors (Lipinski definition) is 3. The van der Waals surface area contributed by atoms with Crippen molar-refractivity contribution in [1.82, 2.24) is 10.2 Å². The zero-order chi connectivity index (χ0) is 15.0. The van der Waals surface area contributed by atoms with E-state index in [9.17, 15) is 0 Å². The third kappa shape index (κ3) is 5.14. The molecular weight excluding hydrogens is 248 g/mol. The molecule has 0 radical (unpaired) electrons. The van der Waals surface area contributed by atoms with Crippen molar-refractivity contribution >= 4 is 0 Å². The van der Waals surface area contributed by atoms with Crippen LogP contribution < -0.4 is 10.1 Å². The fraction of sp³-hybridized carbons (Fsp3) is 0.647. The van der Waals surface area contributed by atoms with Gasteiger partial charge in [-0.25, -0.2) is 0 Å². The van der Waals surface area contributed by atoms with Crippen LogP contribution >= 0.6 is 0 Å². The van der Waals surface area contributed by atoms with Crippen molar-refractivity contribution in [2.24, 2.45) is 0 Å². The predicted octanol–water partition coefficient (Wildman–Crippen LogP) is 3.13. The van der Waals surface area contributed by atoms with Gasteiger partial charge in [-0.15, -0.1) is 0 Å². The molecule has 20 heavy (non-hydrogen) atoms. The monoisotopic (exact) mass is 278 g/mol. The number of ether oxygens (including phenoxy) is 1. The zero-order valence-corrected chi connectivity index (χ0v) is 13.8. The Balaban J connectivity index is 2.62. The number of nitrogens with one attached hydrogen (secondary N) is 1. The molecule has 0 bridgehead atoms. The minimum atomic E-state index is 0.760. The molecular formula is C17H30N2O. The van der Waals surface area contributed by atoms with E-state index in [1.54, 1.807) is 0 Å². The maximum Gasteiger partial charge on any atom is 0.125 e. The van der Waals surface area contributed by atoms with Crippen molar-refractivity contribution in [3.05, 3.63) is 28.8 Å². The Morgan fingerprint density at radius 3 is 2.15 bits per heavy atom. The highest BCUT2D eigenvalue weighted by Gasteiger charge is 2.07. The Labute approximate surface area is 124 Å². The van der Waals surface area contributed by atoms with E-state index in [2.05, 4.69) is 57.0 Å². The van der Waals surface area contributed by atoms with Gasteiger partial charge in [-0.3, -0.25) is 0 Å². The average molecular weight is 278 g/mol. The lowest BCUT2D eigenvalue weighted by molar-refractivity contribution is 0.221. The van der Waals surface area contributed by atoms with Crippen molar-refractivity contribution in [1.29, 1.82) is 0 Å². The molecule has 0 atom stereocenters. The second-order valence-corrected chi connectivity index (χ2v) is 5.21. The number of hydrogen-bond donors (Lipinski definition) is 1. The minimum absolute atomic E-state index is 0.760. The Bertz CT molecular complexity index is 377. The Morgan fingerprint density at radius 1 is 1.05 bits per heavy atom. The van der Waals surface area contributed by atoms with Crippen molar-refractivity contribution in [2.75, 3.05) is 32.8 Å². The molecule has 0 aliphatic heterocycles. The Hall–Kier alpha value is -1.06. The van der Waals surface area contributed by atoms with Gasteiger partial charge in [0.05, 0.1) is 0 Å². The molecule has 0 amide bonds. The van der Waals surface area contributed by atoms with E-state index in [-0.39, 0.29) is 0 Å². The molecule has 1 N–H and O–H groups in total. The van der Waals surface area contributed by atoms with Crippen molar-refractivity contribution in [3.63, 3.8) is 0 Å². The highest BCUT2D eigenvalue weighted by atomic mass is 16.5. The SMILES string of the molecule is CCNCc1cc(C)c(OCCN(CC)CC)c(C)c1. The molecule has 0 saturated heterocycles. The van der Waals surface area contributed by atoms with Crippen LogP contribution in [0.3, 0.4) is 0 Å². The summed E-state index contributed by atoms with van der Waals surface area (Å²) < 4.78 is 6.00. The lowest BCUT2D eigenvalue weighted by atomic mass is 10.1. The molecule has 0 fully saturated rings. The van der Waals surface area contributed by atoms with Gasteiger partial charge in [0.25, 0.3) is 0 Å². The Kier molecular flexibility index (Phi) is 7.63. The number of benzene rings is 1. The van der Waals surface area contributed by atoms with Gasteiger partial charge in [0.2, 0.25) is 0 Å². The summed E-state index contributed by atoms with van der Waals surface area (Å²) in [5.41, 5.74) is 3.80. The zero-order valence-electron chi connectivity index (χ0n) is 13.8.